The van der Waals surface area contributed by atoms with Gasteiger partial charge in [0.25, 0.3) is 0 Å². The van der Waals surface area contributed by atoms with Crippen LogP contribution in [0.3, 0.4) is 0 Å². The number of anilines is 1. The van der Waals surface area contributed by atoms with Gasteiger partial charge in [-0.1, -0.05) is 30.3 Å². The molecule has 0 unspecified atom stereocenters. The molecule has 0 radical (unpaired) electrons. The number of nitrogens with one attached hydrogen (secondary N) is 2. The van der Waals surface area contributed by atoms with Crippen molar-refractivity contribution in [3.05, 3.63) is 66.0 Å². The molecule has 0 saturated carbocycles. The third-order valence-corrected chi connectivity index (χ3v) is 3.35. The zero-order chi connectivity index (χ0) is 17.4. The quantitative estimate of drug-likeness (QED) is 0.655. The van der Waals surface area contributed by atoms with Gasteiger partial charge in [0, 0.05) is 26.3 Å². The SMILES string of the molecule is CN=C(NCC(=O)Nc1ccccc1)N(C)Cc1cccc(F)c1. The van der Waals surface area contributed by atoms with Crippen molar-refractivity contribution in [3.8, 4) is 0 Å². The van der Waals surface area contributed by atoms with E-state index in [1.807, 2.05) is 48.3 Å². The van der Waals surface area contributed by atoms with E-state index in [1.165, 1.54) is 12.1 Å². The summed E-state index contributed by atoms with van der Waals surface area (Å²) in [6.07, 6.45) is 0. The van der Waals surface area contributed by atoms with Crippen molar-refractivity contribution in [3.63, 3.8) is 0 Å². The van der Waals surface area contributed by atoms with Crippen molar-refractivity contribution in [2.24, 2.45) is 4.99 Å². The Kier molecular flexibility index (Phi) is 6.31. The number of nitrogens with zero attached hydrogens (tertiary/aromatic N) is 2. The Balaban J connectivity index is 1.86. The highest BCUT2D eigenvalue weighted by atomic mass is 19.1. The van der Waals surface area contributed by atoms with Crippen LogP contribution in [0.4, 0.5) is 10.1 Å². The van der Waals surface area contributed by atoms with Crippen molar-refractivity contribution in [1.29, 1.82) is 0 Å². The lowest BCUT2D eigenvalue weighted by Crippen LogP contribution is -2.42. The zero-order valence-electron chi connectivity index (χ0n) is 13.8. The number of hydrogen-bond donors (Lipinski definition) is 2. The second-order valence-electron chi connectivity index (χ2n) is 5.30. The Hall–Kier alpha value is -2.89. The summed E-state index contributed by atoms with van der Waals surface area (Å²) < 4.78 is 13.2. The minimum Gasteiger partial charge on any atom is -0.347 e. The molecule has 2 aromatic rings. The first kappa shape index (κ1) is 17.5. The lowest BCUT2D eigenvalue weighted by molar-refractivity contribution is -0.115. The van der Waals surface area contributed by atoms with Gasteiger partial charge in [-0.05, 0) is 29.8 Å². The fourth-order valence-corrected chi connectivity index (χ4v) is 2.25. The molecular formula is C18H21FN4O. The Morgan fingerprint density at radius 1 is 1.17 bits per heavy atom. The lowest BCUT2D eigenvalue weighted by Gasteiger charge is -2.22. The van der Waals surface area contributed by atoms with Crippen molar-refractivity contribution in [2.45, 2.75) is 6.54 Å². The Morgan fingerprint density at radius 3 is 2.58 bits per heavy atom. The zero-order valence-corrected chi connectivity index (χ0v) is 13.8. The van der Waals surface area contributed by atoms with Gasteiger partial charge in [0.1, 0.15) is 5.82 Å². The highest BCUT2D eigenvalue weighted by Gasteiger charge is 2.09. The largest absolute Gasteiger partial charge is 0.347 e. The molecule has 2 rings (SSSR count). The van der Waals surface area contributed by atoms with Gasteiger partial charge in [-0.15, -0.1) is 0 Å². The summed E-state index contributed by atoms with van der Waals surface area (Å²) in [5.74, 6) is 0.120. The summed E-state index contributed by atoms with van der Waals surface area (Å²) in [6.45, 7) is 0.576. The van der Waals surface area contributed by atoms with Crippen LogP contribution in [0.1, 0.15) is 5.56 Å². The highest BCUT2D eigenvalue weighted by Crippen LogP contribution is 2.07. The maximum Gasteiger partial charge on any atom is 0.243 e. The monoisotopic (exact) mass is 328 g/mol. The van der Waals surface area contributed by atoms with Gasteiger partial charge >= 0.3 is 0 Å². The van der Waals surface area contributed by atoms with Gasteiger partial charge in [-0.3, -0.25) is 9.79 Å². The molecule has 0 aliphatic heterocycles. The molecule has 0 spiro atoms. The molecule has 0 aliphatic rings. The van der Waals surface area contributed by atoms with Crippen molar-refractivity contribution < 1.29 is 9.18 Å². The molecule has 0 heterocycles. The van der Waals surface area contributed by atoms with Crippen molar-refractivity contribution in [1.82, 2.24) is 10.2 Å². The minimum atomic E-state index is -0.272. The van der Waals surface area contributed by atoms with Crippen LogP contribution in [0.25, 0.3) is 0 Å². The molecule has 24 heavy (non-hydrogen) atoms. The number of benzene rings is 2. The summed E-state index contributed by atoms with van der Waals surface area (Å²) >= 11 is 0. The first-order valence-corrected chi connectivity index (χ1v) is 7.59. The molecule has 2 N–H and O–H groups in total. The van der Waals surface area contributed by atoms with Gasteiger partial charge in [0.2, 0.25) is 5.91 Å². The summed E-state index contributed by atoms with van der Waals surface area (Å²) in [5, 5.41) is 5.79. The molecular weight excluding hydrogens is 307 g/mol. The molecule has 6 heteroatoms. The highest BCUT2D eigenvalue weighted by molar-refractivity contribution is 5.94. The van der Waals surface area contributed by atoms with Crippen LogP contribution >= 0.6 is 0 Å². The van der Waals surface area contributed by atoms with Crippen LogP contribution in [0, 0.1) is 5.82 Å². The van der Waals surface area contributed by atoms with Gasteiger partial charge in [0.15, 0.2) is 5.96 Å². The summed E-state index contributed by atoms with van der Waals surface area (Å²) in [6, 6.07) is 15.6. The van der Waals surface area contributed by atoms with E-state index in [0.717, 1.165) is 11.3 Å². The number of hydrogen-bond acceptors (Lipinski definition) is 2. The average Bonchev–Trinajstić information content (AvgIpc) is 2.56. The predicted molar refractivity (Wildman–Crippen MR) is 94.3 cm³/mol. The topological polar surface area (TPSA) is 56.7 Å². The number of aliphatic imine (C=N–C) groups is 1. The van der Waals surface area contributed by atoms with Crippen molar-refractivity contribution >= 4 is 17.6 Å². The Bertz CT molecular complexity index is 703. The molecule has 126 valence electrons. The standard InChI is InChI=1S/C18H21FN4O/c1-20-18(23(2)13-14-7-6-8-15(19)11-14)21-12-17(24)22-16-9-4-3-5-10-16/h3-11H,12-13H2,1-2H3,(H,20,21)(H,22,24). The van der Waals surface area contributed by atoms with Gasteiger partial charge in [0.05, 0.1) is 6.54 Å². The van der Waals surface area contributed by atoms with E-state index in [4.69, 9.17) is 0 Å². The van der Waals surface area contributed by atoms with Crippen LogP contribution in [-0.2, 0) is 11.3 Å². The molecule has 0 bridgehead atoms. The normalized spacial score (nSPS) is 11.0. The molecule has 0 aromatic heterocycles. The van der Waals surface area contributed by atoms with Crippen molar-refractivity contribution in [2.75, 3.05) is 26.0 Å². The molecule has 0 aliphatic carbocycles. The second-order valence-corrected chi connectivity index (χ2v) is 5.30. The predicted octanol–water partition coefficient (Wildman–Crippen LogP) is 2.47. The Labute approximate surface area is 141 Å². The third kappa shape index (κ3) is 5.39. The second kappa shape index (κ2) is 8.67. The van der Waals surface area contributed by atoms with Gasteiger partial charge in [-0.25, -0.2) is 4.39 Å². The number of carbonyl (C=O) groups is 1. The van der Waals surface area contributed by atoms with E-state index < -0.39 is 0 Å². The third-order valence-electron chi connectivity index (χ3n) is 3.35. The van der Waals surface area contributed by atoms with E-state index in [-0.39, 0.29) is 18.3 Å². The minimum absolute atomic E-state index is 0.0923. The van der Waals surface area contributed by atoms with E-state index in [1.54, 1.807) is 13.1 Å². The number of halogens is 1. The van der Waals surface area contributed by atoms with E-state index in [9.17, 15) is 9.18 Å². The van der Waals surface area contributed by atoms with Crippen LogP contribution in [-0.4, -0.2) is 37.4 Å². The molecule has 1 amide bonds. The lowest BCUT2D eigenvalue weighted by atomic mass is 10.2. The number of guanidine groups is 1. The number of para-hydroxylation sites is 1. The van der Waals surface area contributed by atoms with E-state index in [0.29, 0.717) is 12.5 Å². The van der Waals surface area contributed by atoms with Crippen LogP contribution in [0.15, 0.2) is 59.6 Å². The number of carbonyl (C=O) groups excluding carboxylic acids is 1. The van der Waals surface area contributed by atoms with Crippen LogP contribution < -0.4 is 10.6 Å². The van der Waals surface area contributed by atoms with Crippen LogP contribution in [0.5, 0.6) is 0 Å². The molecule has 0 atom stereocenters. The molecule has 0 saturated heterocycles. The van der Waals surface area contributed by atoms with Gasteiger partial charge < -0.3 is 15.5 Å². The summed E-state index contributed by atoms with van der Waals surface area (Å²) in [7, 11) is 3.47. The smallest absolute Gasteiger partial charge is 0.243 e. The fraction of sp³-hybridized carbons (Fsp3) is 0.222. The Morgan fingerprint density at radius 2 is 1.92 bits per heavy atom. The number of amides is 1. The molecule has 0 fully saturated rings. The van der Waals surface area contributed by atoms with Crippen LogP contribution in [0.2, 0.25) is 0 Å². The molecule has 5 nitrogen and oxygen atoms in total. The fourth-order valence-electron chi connectivity index (χ4n) is 2.25. The number of rotatable bonds is 5. The maximum absolute atomic E-state index is 13.2. The first-order chi connectivity index (χ1) is 11.6. The average molecular weight is 328 g/mol. The maximum atomic E-state index is 13.2. The first-order valence-electron chi connectivity index (χ1n) is 7.59. The van der Waals surface area contributed by atoms with E-state index >= 15 is 0 Å². The van der Waals surface area contributed by atoms with Gasteiger partial charge in [-0.2, -0.15) is 0 Å². The molecule has 2 aromatic carbocycles. The summed E-state index contributed by atoms with van der Waals surface area (Å²) in [5.41, 5.74) is 1.57. The summed E-state index contributed by atoms with van der Waals surface area (Å²) in [4.78, 5) is 17.9. The van der Waals surface area contributed by atoms with E-state index in [2.05, 4.69) is 15.6 Å².